The molecule has 0 aliphatic heterocycles. The van der Waals surface area contributed by atoms with Crippen molar-refractivity contribution in [2.45, 2.75) is 20.0 Å². The molecule has 2 aromatic carbocycles. The Morgan fingerprint density at radius 1 is 0.875 bits per heavy atom. The zero-order valence-corrected chi connectivity index (χ0v) is 13.0. The van der Waals surface area contributed by atoms with Crippen LogP contribution in [0.3, 0.4) is 0 Å². The lowest BCUT2D eigenvalue weighted by Gasteiger charge is -2.12. The van der Waals surface area contributed by atoms with E-state index >= 15 is 0 Å². The first-order valence-electron chi connectivity index (χ1n) is 7.39. The van der Waals surface area contributed by atoms with Gasteiger partial charge in [0.15, 0.2) is 5.96 Å². The van der Waals surface area contributed by atoms with Crippen LogP contribution < -0.4 is 10.6 Å². The SMILES string of the molecule is CCNC(=NCc1cc(F)ccc1F)NCc1cc(F)ccc1F. The van der Waals surface area contributed by atoms with E-state index in [0.717, 1.165) is 36.4 Å². The molecule has 0 fully saturated rings. The summed E-state index contributed by atoms with van der Waals surface area (Å²) >= 11 is 0. The number of benzene rings is 2. The zero-order valence-electron chi connectivity index (χ0n) is 13.0. The summed E-state index contributed by atoms with van der Waals surface area (Å²) in [7, 11) is 0. The van der Waals surface area contributed by atoms with Crippen LogP contribution in [0, 0.1) is 23.3 Å². The van der Waals surface area contributed by atoms with E-state index in [4.69, 9.17) is 0 Å². The Bertz CT molecular complexity index is 732. The molecule has 0 bridgehead atoms. The topological polar surface area (TPSA) is 36.4 Å². The first-order valence-corrected chi connectivity index (χ1v) is 7.39. The van der Waals surface area contributed by atoms with Gasteiger partial charge in [-0.25, -0.2) is 22.6 Å². The Morgan fingerprint density at radius 3 is 2.08 bits per heavy atom. The normalized spacial score (nSPS) is 11.5. The Labute approximate surface area is 137 Å². The highest BCUT2D eigenvalue weighted by Crippen LogP contribution is 2.11. The van der Waals surface area contributed by atoms with Gasteiger partial charge in [0, 0.05) is 24.2 Å². The Morgan fingerprint density at radius 2 is 1.46 bits per heavy atom. The lowest BCUT2D eigenvalue weighted by molar-refractivity contribution is 0.580. The molecule has 0 unspecified atom stereocenters. The molecule has 2 rings (SSSR count). The van der Waals surface area contributed by atoms with Gasteiger partial charge in [0.05, 0.1) is 6.54 Å². The van der Waals surface area contributed by atoms with Gasteiger partial charge in [0.25, 0.3) is 0 Å². The van der Waals surface area contributed by atoms with Gasteiger partial charge in [0.2, 0.25) is 0 Å². The number of hydrogen-bond donors (Lipinski definition) is 2. The molecule has 0 radical (unpaired) electrons. The highest BCUT2D eigenvalue weighted by Gasteiger charge is 2.07. The summed E-state index contributed by atoms with van der Waals surface area (Å²) in [6.45, 7) is 2.25. The molecule has 0 aliphatic rings. The fourth-order valence-electron chi connectivity index (χ4n) is 2.03. The van der Waals surface area contributed by atoms with Crippen molar-refractivity contribution in [3.8, 4) is 0 Å². The van der Waals surface area contributed by atoms with Gasteiger partial charge in [-0.15, -0.1) is 0 Å². The van der Waals surface area contributed by atoms with Crippen molar-refractivity contribution in [2.24, 2.45) is 4.99 Å². The van der Waals surface area contributed by atoms with Crippen LogP contribution in [-0.4, -0.2) is 12.5 Å². The van der Waals surface area contributed by atoms with Crippen molar-refractivity contribution in [1.82, 2.24) is 10.6 Å². The largest absolute Gasteiger partial charge is 0.357 e. The van der Waals surface area contributed by atoms with E-state index in [1.165, 1.54) is 0 Å². The van der Waals surface area contributed by atoms with Gasteiger partial charge in [-0.3, -0.25) is 0 Å². The van der Waals surface area contributed by atoms with E-state index in [0.29, 0.717) is 6.54 Å². The Hall–Kier alpha value is -2.57. The Balaban J connectivity index is 2.08. The number of guanidine groups is 1. The predicted octanol–water partition coefficient (Wildman–Crippen LogP) is 3.50. The summed E-state index contributed by atoms with van der Waals surface area (Å²) in [4.78, 5) is 4.12. The quantitative estimate of drug-likeness (QED) is 0.497. The Kier molecular flexibility index (Phi) is 6.17. The van der Waals surface area contributed by atoms with E-state index in [1.54, 1.807) is 0 Å². The number of aliphatic imine (C=N–C) groups is 1. The zero-order chi connectivity index (χ0) is 17.5. The third kappa shape index (κ3) is 4.97. The third-order valence-electron chi connectivity index (χ3n) is 3.21. The maximum absolute atomic E-state index is 13.6. The molecule has 3 nitrogen and oxygen atoms in total. The van der Waals surface area contributed by atoms with Crippen LogP contribution in [0.2, 0.25) is 0 Å². The minimum absolute atomic E-state index is 0.00105. The molecule has 2 N–H and O–H groups in total. The first kappa shape index (κ1) is 17.8. The minimum atomic E-state index is -0.563. The summed E-state index contributed by atoms with van der Waals surface area (Å²) in [5.41, 5.74) is 0.238. The summed E-state index contributed by atoms with van der Waals surface area (Å²) in [5.74, 6) is -1.92. The predicted molar refractivity (Wildman–Crippen MR) is 84.4 cm³/mol. The van der Waals surface area contributed by atoms with Crippen LogP contribution in [0.15, 0.2) is 41.4 Å². The summed E-state index contributed by atoms with van der Waals surface area (Å²) in [5, 5.41) is 5.72. The molecule has 0 heterocycles. The molecule has 0 aromatic heterocycles. The molecule has 24 heavy (non-hydrogen) atoms. The standard InChI is InChI=1S/C17H17F4N3/c1-2-22-17(23-9-11-7-13(18)3-5-15(11)20)24-10-12-8-14(19)4-6-16(12)21/h3-8H,2,9-10H2,1H3,(H2,22,23,24). The van der Waals surface area contributed by atoms with Crippen molar-refractivity contribution >= 4 is 5.96 Å². The fraction of sp³-hybridized carbons (Fsp3) is 0.235. The van der Waals surface area contributed by atoms with E-state index in [9.17, 15) is 17.6 Å². The molecule has 0 saturated carbocycles. The van der Waals surface area contributed by atoms with Crippen LogP contribution in [-0.2, 0) is 13.1 Å². The van der Waals surface area contributed by atoms with E-state index in [2.05, 4.69) is 15.6 Å². The van der Waals surface area contributed by atoms with E-state index < -0.39 is 23.3 Å². The van der Waals surface area contributed by atoms with Crippen molar-refractivity contribution < 1.29 is 17.6 Å². The monoisotopic (exact) mass is 339 g/mol. The van der Waals surface area contributed by atoms with Crippen molar-refractivity contribution in [2.75, 3.05) is 6.54 Å². The summed E-state index contributed by atoms with van der Waals surface area (Å²) < 4.78 is 53.5. The van der Waals surface area contributed by atoms with Gasteiger partial charge >= 0.3 is 0 Å². The number of hydrogen-bond acceptors (Lipinski definition) is 1. The highest BCUT2D eigenvalue weighted by molar-refractivity contribution is 5.79. The molecule has 0 atom stereocenters. The van der Waals surface area contributed by atoms with Crippen molar-refractivity contribution in [3.05, 3.63) is 70.8 Å². The smallest absolute Gasteiger partial charge is 0.191 e. The van der Waals surface area contributed by atoms with Gasteiger partial charge in [0.1, 0.15) is 23.3 Å². The molecular weight excluding hydrogens is 322 g/mol. The second-order valence-electron chi connectivity index (χ2n) is 5.02. The molecule has 128 valence electrons. The lowest BCUT2D eigenvalue weighted by atomic mass is 10.2. The van der Waals surface area contributed by atoms with Gasteiger partial charge < -0.3 is 10.6 Å². The van der Waals surface area contributed by atoms with Crippen LogP contribution in [0.1, 0.15) is 18.1 Å². The van der Waals surface area contributed by atoms with E-state index in [-0.39, 0.29) is 30.2 Å². The molecule has 0 aliphatic carbocycles. The number of halogens is 4. The maximum atomic E-state index is 13.6. The van der Waals surface area contributed by atoms with Gasteiger partial charge in [-0.05, 0) is 43.3 Å². The molecule has 2 aromatic rings. The van der Waals surface area contributed by atoms with Crippen LogP contribution in [0.25, 0.3) is 0 Å². The average molecular weight is 339 g/mol. The van der Waals surface area contributed by atoms with Crippen molar-refractivity contribution in [3.63, 3.8) is 0 Å². The number of nitrogens with one attached hydrogen (secondary N) is 2. The maximum Gasteiger partial charge on any atom is 0.191 e. The van der Waals surface area contributed by atoms with Crippen LogP contribution in [0.4, 0.5) is 17.6 Å². The number of rotatable bonds is 5. The summed E-state index contributed by atoms with van der Waals surface area (Å²) in [6, 6.07) is 6.28. The minimum Gasteiger partial charge on any atom is -0.357 e. The van der Waals surface area contributed by atoms with Gasteiger partial charge in [-0.1, -0.05) is 0 Å². The third-order valence-corrected chi connectivity index (χ3v) is 3.21. The van der Waals surface area contributed by atoms with Crippen LogP contribution in [0.5, 0.6) is 0 Å². The molecule has 0 amide bonds. The van der Waals surface area contributed by atoms with E-state index in [1.807, 2.05) is 6.92 Å². The second kappa shape index (κ2) is 8.33. The molecule has 0 spiro atoms. The van der Waals surface area contributed by atoms with Crippen LogP contribution >= 0.6 is 0 Å². The highest BCUT2D eigenvalue weighted by atomic mass is 19.1. The molecular formula is C17H17F4N3. The molecule has 7 heteroatoms. The lowest BCUT2D eigenvalue weighted by Crippen LogP contribution is -2.37. The second-order valence-corrected chi connectivity index (χ2v) is 5.02. The van der Waals surface area contributed by atoms with Crippen molar-refractivity contribution in [1.29, 1.82) is 0 Å². The fourth-order valence-corrected chi connectivity index (χ4v) is 2.03. The van der Waals surface area contributed by atoms with Gasteiger partial charge in [-0.2, -0.15) is 0 Å². The number of nitrogens with zero attached hydrogens (tertiary/aromatic N) is 1. The average Bonchev–Trinajstić information content (AvgIpc) is 2.56. The molecule has 0 saturated heterocycles. The first-order chi connectivity index (χ1) is 11.5. The summed E-state index contributed by atoms with van der Waals surface area (Å²) in [6.07, 6.45) is 0.